The van der Waals surface area contributed by atoms with Crippen LogP contribution in [-0.4, -0.2) is 18.4 Å². The van der Waals surface area contributed by atoms with Gasteiger partial charge in [0.15, 0.2) is 0 Å². The molecule has 25 heavy (non-hydrogen) atoms. The Labute approximate surface area is 146 Å². The Balaban J connectivity index is 1.62. The first-order valence-corrected chi connectivity index (χ1v) is 8.49. The van der Waals surface area contributed by atoms with Gasteiger partial charge in [-0.3, -0.25) is 9.59 Å². The van der Waals surface area contributed by atoms with Crippen LogP contribution in [0, 0.1) is 5.82 Å². The van der Waals surface area contributed by atoms with E-state index < -0.39 is 17.6 Å². The minimum atomic E-state index is -0.743. The highest BCUT2D eigenvalue weighted by molar-refractivity contribution is 6.39. The van der Waals surface area contributed by atoms with E-state index in [1.54, 1.807) is 0 Å². The van der Waals surface area contributed by atoms with E-state index in [9.17, 15) is 14.0 Å². The number of benzene rings is 2. The molecule has 4 nitrogen and oxygen atoms in total. The van der Waals surface area contributed by atoms with Crippen molar-refractivity contribution < 1.29 is 14.0 Å². The molecule has 0 spiro atoms. The number of hydrogen-bond acceptors (Lipinski definition) is 2. The molecular weight excluding hydrogens is 319 g/mol. The van der Waals surface area contributed by atoms with Crippen LogP contribution in [0.15, 0.2) is 54.6 Å². The van der Waals surface area contributed by atoms with Crippen LogP contribution in [0.2, 0.25) is 0 Å². The third kappa shape index (κ3) is 4.05. The van der Waals surface area contributed by atoms with Crippen molar-refractivity contribution >= 4 is 17.5 Å². The monoisotopic (exact) mass is 340 g/mol. The van der Waals surface area contributed by atoms with Gasteiger partial charge in [-0.2, -0.15) is 0 Å². The molecule has 1 aliphatic carbocycles. The third-order valence-corrected chi connectivity index (χ3v) is 4.84. The van der Waals surface area contributed by atoms with Crippen LogP contribution in [0.1, 0.15) is 31.2 Å². The summed E-state index contributed by atoms with van der Waals surface area (Å²) >= 11 is 0. The van der Waals surface area contributed by atoms with Gasteiger partial charge in [-0.15, -0.1) is 0 Å². The molecule has 0 unspecified atom stereocenters. The standard InChI is InChI=1S/C20H21FN2O2/c21-16-8-10-17(11-9-16)23-19(25)18(24)22-14-20(12-4-5-13-20)15-6-2-1-3-7-15/h1-3,6-11H,4-5,12-14H2,(H,22,24)(H,23,25). The molecule has 1 saturated carbocycles. The lowest BCUT2D eigenvalue weighted by Crippen LogP contribution is -2.43. The van der Waals surface area contributed by atoms with Crippen LogP contribution in [0.3, 0.4) is 0 Å². The maximum Gasteiger partial charge on any atom is 0.313 e. The first kappa shape index (κ1) is 17.1. The fraction of sp³-hybridized carbons (Fsp3) is 0.300. The maximum atomic E-state index is 12.9. The van der Waals surface area contributed by atoms with E-state index in [0.717, 1.165) is 25.7 Å². The summed E-state index contributed by atoms with van der Waals surface area (Å²) in [5.74, 6) is -1.81. The second kappa shape index (κ2) is 7.47. The van der Waals surface area contributed by atoms with Crippen molar-refractivity contribution in [2.75, 3.05) is 11.9 Å². The Morgan fingerprint density at radius 3 is 2.20 bits per heavy atom. The highest BCUT2D eigenvalue weighted by Gasteiger charge is 2.36. The summed E-state index contributed by atoms with van der Waals surface area (Å²) < 4.78 is 12.9. The summed E-state index contributed by atoms with van der Waals surface area (Å²) in [5, 5.41) is 5.25. The van der Waals surface area contributed by atoms with Gasteiger partial charge in [-0.25, -0.2) is 4.39 Å². The smallest absolute Gasteiger partial charge is 0.313 e. The summed E-state index contributed by atoms with van der Waals surface area (Å²) in [6.07, 6.45) is 4.23. The summed E-state index contributed by atoms with van der Waals surface area (Å²) in [7, 11) is 0. The van der Waals surface area contributed by atoms with Gasteiger partial charge in [0, 0.05) is 17.6 Å². The molecule has 0 atom stereocenters. The van der Waals surface area contributed by atoms with Crippen molar-refractivity contribution in [1.29, 1.82) is 0 Å². The number of carbonyl (C=O) groups excluding carboxylic acids is 2. The van der Waals surface area contributed by atoms with E-state index in [-0.39, 0.29) is 5.41 Å². The largest absolute Gasteiger partial charge is 0.347 e. The van der Waals surface area contributed by atoms with Crippen molar-refractivity contribution in [3.05, 3.63) is 66.0 Å². The van der Waals surface area contributed by atoms with Crippen LogP contribution in [0.5, 0.6) is 0 Å². The van der Waals surface area contributed by atoms with E-state index in [1.165, 1.54) is 29.8 Å². The van der Waals surface area contributed by atoms with Crippen molar-refractivity contribution in [2.45, 2.75) is 31.1 Å². The molecule has 0 aliphatic heterocycles. The average Bonchev–Trinajstić information content (AvgIpc) is 3.12. The molecule has 3 rings (SSSR count). The minimum Gasteiger partial charge on any atom is -0.347 e. The van der Waals surface area contributed by atoms with Gasteiger partial charge in [0.25, 0.3) is 0 Å². The molecule has 2 aromatic rings. The van der Waals surface area contributed by atoms with Crippen LogP contribution in [0.25, 0.3) is 0 Å². The van der Waals surface area contributed by atoms with Crippen LogP contribution < -0.4 is 10.6 Å². The lowest BCUT2D eigenvalue weighted by molar-refractivity contribution is -0.136. The normalized spacial score (nSPS) is 15.6. The fourth-order valence-electron chi connectivity index (χ4n) is 3.46. The number of hydrogen-bond donors (Lipinski definition) is 2. The summed E-state index contributed by atoms with van der Waals surface area (Å²) in [5.41, 5.74) is 1.49. The van der Waals surface area contributed by atoms with Gasteiger partial charge in [-0.05, 0) is 42.7 Å². The molecule has 0 aromatic heterocycles. The Hall–Kier alpha value is -2.69. The first-order valence-electron chi connectivity index (χ1n) is 8.49. The Morgan fingerprint density at radius 2 is 1.56 bits per heavy atom. The van der Waals surface area contributed by atoms with E-state index in [1.807, 2.05) is 18.2 Å². The van der Waals surface area contributed by atoms with E-state index in [0.29, 0.717) is 12.2 Å². The van der Waals surface area contributed by atoms with Gasteiger partial charge in [0.05, 0.1) is 0 Å². The zero-order chi connectivity index (χ0) is 17.7. The maximum absolute atomic E-state index is 12.9. The van der Waals surface area contributed by atoms with Gasteiger partial charge in [-0.1, -0.05) is 43.2 Å². The molecule has 1 aliphatic rings. The van der Waals surface area contributed by atoms with Crippen molar-refractivity contribution in [2.24, 2.45) is 0 Å². The summed E-state index contributed by atoms with van der Waals surface area (Å²) in [6, 6.07) is 15.4. The highest BCUT2D eigenvalue weighted by Crippen LogP contribution is 2.40. The number of rotatable bonds is 4. The quantitative estimate of drug-likeness (QED) is 0.838. The predicted octanol–water partition coefficient (Wildman–Crippen LogP) is 3.39. The second-order valence-corrected chi connectivity index (χ2v) is 6.50. The minimum absolute atomic E-state index is 0.104. The lowest BCUT2D eigenvalue weighted by atomic mass is 9.79. The first-order chi connectivity index (χ1) is 12.1. The van der Waals surface area contributed by atoms with Crippen molar-refractivity contribution in [1.82, 2.24) is 5.32 Å². The SMILES string of the molecule is O=C(NCC1(c2ccccc2)CCCC1)C(=O)Nc1ccc(F)cc1. The van der Waals surface area contributed by atoms with Crippen molar-refractivity contribution in [3.8, 4) is 0 Å². The molecule has 1 fully saturated rings. The molecule has 2 aromatic carbocycles. The second-order valence-electron chi connectivity index (χ2n) is 6.50. The highest BCUT2D eigenvalue weighted by atomic mass is 19.1. The van der Waals surface area contributed by atoms with Gasteiger partial charge in [0.1, 0.15) is 5.82 Å². The number of amides is 2. The average molecular weight is 340 g/mol. The summed E-state index contributed by atoms with van der Waals surface area (Å²) in [4.78, 5) is 24.2. The molecule has 2 amide bonds. The molecular formula is C20H21FN2O2. The van der Waals surface area contributed by atoms with E-state index >= 15 is 0 Å². The Kier molecular flexibility index (Phi) is 5.12. The summed E-state index contributed by atoms with van der Waals surface area (Å²) in [6.45, 7) is 0.437. The van der Waals surface area contributed by atoms with Gasteiger partial charge in [0.2, 0.25) is 0 Å². The van der Waals surface area contributed by atoms with E-state index in [4.69, 9.17) is 0 Å². The molecule has 2 N–H and O–H groups in total. The molecule has 130 valence electrons. The lowest BCUT2D eigenvalue weighted by Gasteiger charge is -2.29. The van der Waals surface area contributed by atoms with Crippen LogP contribution >= 0.6 is 0 Å². The number of anilines is 1. The fourth-order valence-corrected chi connectivity index (χ4v) is 3.46. The molecule has 0 heterocycles. The van der Waals surface area contributed by atoms with Gasteiger partial charge >= 0.3 is 11.8 Å². The molecule has 5 heteroatoms. The topological polar surface area (TPSA) is 58.2 Å². The zero-order valence-corrected chi connectivity index (χ0v) is 13.9. The Bertz CT molecular complexity index is 738. The molecule has 0 radical (unpaired) electrons. The predicted molar refractivity (Wildman–Crippen MR) is 94.6 cm³/mol. The number of halogens is 1. The molecule has 0 saturated heterocycles. The van der Waals surface area contributed by atoms with Crippen LogP contribution in [0.4, 0.5) is 10.1 Å². The van der Waals surface area contributed by atoms with E-state index in [2.05, 4.69) is 22.8 Å². The van der Waals surface area contributed by atoms with Crippen molar-refractivity contribution in [3.63, 3.8) is 0 Å². The Morgan fingerprint density at radius 1 is 0.920 bits per heavy atom. The van der Waals surface area contributed by atoms with Crippen LogP contribution in [-0.2, 0) is 15.0 Å². The van der Waals surface area contributed by atoms with Gasteiger partial charge < -0.3 is 10.6 Å². The third-order valence-electron chi connectivity index (χ3n) is 4.84. The zero-order valence-electron chi connectivity index (χ0n) is 13.9. The number of carbonyl (C=O) groups is 2. The number of nitrogens with one attached hydrogen (secondary N) is 2. The molecule has 0 bridgehead atoms.